The van der Waals surface area contributed by atoms with Crippen molar-refractivity contribution in [1.82, 2.24) is 5.32 Å². The van der Waals surface area contributed by atoms with Crippen LogP contribution in [0.5, 0.6) is 5.75 Å². The van der Waals surface area contributed by atoms with Crippen molar-refractivity contribution in [3.63, 3.8) is 0 Å². The molecule has 0 aliphatic carbocycles. The van der Waals surface area contributed by atoms with Gasteiger partial charge in [-0.25, -0.2) is 0 Å². The quantitative estimate of drug-likeness (QED) is 0.922. The molecule has 0 fully saturated rings. The third-order valence-electron chi connectivity index (χ3n) is 3.48. The molecule has 1 N–H and O–H groups in total. The Labute approximate surface area is 119 Å². The van der Waals surface area contributed by atoms with E-state index in [2.05, 4.69) is 43.4 Å². The van der Waals surface area contributed by atoms with Crippen molar-refractivity contribution >= 4 is 6.08 Å². The van der Waals surface area contributed by atoms with Crippen molar-refractivity contribution in [3.8, 4) is 5.75 Å². The summed E-state index contributed by atoms with van der Waals surface area (Å²) in [4.78, 5) is 0. The summed E-state index contributed by atoms with van der Waals surface area (Å²) in [5.41, 5.74) is 2.07. The number of ether oxygens (including phenoxy) is 1. The summed E-state index contributed by atoms with van der Waals surface area (Å²) in [5, 5.41) is 3.37. The fourth-order valence-corrected chi connectivity index (χ4v) is 2.38. The highest BCUT2D eigenvalue weighted by Crippen LogP contribution is 2.31. The number of hydrogen-bond acceptors (Lipinski definition) is 3. The van der Waals surface area contributed by atoms with E-state index in [1.807, 2.05) is 18.2 Å². The molecule has 1 aromatic heterocycles. The van der Waals surface area contributed by atoms with Gasteiger partial charge in [-0.2, -0.15) is 0 Å². The van der Waals surface area contributed by atoms with Crippen LogP contribution in [-0.2, 0) is 6.54 Å². The van der Waals surface area contributed by atoms with Gasteiger partial charge in [0.2, 0.25) is 0 Å². The van der Waals surface area contributed by atoms with Gasteiger partial charge in [-0.1, -0.05) is 17.7 Å². The normalized spacial score (nSPS) is 20.5. The van der Waals surface area contributed by atoms with E-state index in [1.165, 1.54) is 5.56 Å². The van der Waals surface area contributed by atoms with Gasteiger partial charge >= 0.3 is 0 Å². The summed E-state index contributed by atoms with van der Waals surface area (Å²) in [6.45, 7) is 5.62. The van der Waals surface area contributed by atoms with Crippen molar-refractivity contribution in [3.05, 3.63) is 59.6 Å². The molecule has 0 spiro atoms. The van der Waals surface area contributed by atoms with Gasteiger partial charge in [0.15, 0.2) is 0 Å². The summed E-state index contributed by atoms with van der Waals surface area (Å²) >= 11 is 0. The van der Waals surface area contributed by atoms with E-state index >= 15 is 0 Å². The average Bonchev–Trinajstić information content (AvgIpc) is 2.92. The average molecular weight is 269 g/mol. The lowest BCUT2D eigenvalue weighted by Crippen LogP contribution is -2.42. The molecule has 2 aromatic rings. The zero-order valence-electron chi connectivity index (χ0n) is 11.8. The highest BCUT2D eigenvalue weighted by molar-refractivity contribution is 5.61. The van der Waals surface area contributed by atoms with E-state index < -0.39 is 0 Å². The second-order valence-electron chi connectivity index (χ2n) is 5.47. The molecular weight excluding hydrogens is 250 g/mol. The van der Waals surface area contributed by atoms with Crippen LogP contribution in [0.4, 0.5) is 0 Å². The number of fused-ring (bicyclic) bond motifs is 1. The highest BCUT2D eigenvalue weighted by Gasteiger charge is 2.26. The SMILES string of the molecule is Cc1ccc2c(c1)C=CC(C)(CNCc1ccco1)O2. The van der Waals surface area contributed by atoms with Crippen molar-refractivity contribution in [1.29, 1.82) is 0 Å². The Morgan fingerprint density at radius 3 is 2.95 bits per heavy atom. The predicted octanol–water partition coefficient (Wildman–Crippen LogP) is 3.54. The van der Waals surface area contributed by atoms with Gasteiger partial charge in [-0.15, -0.1) is 0 Å². The Morgan fingerprint density at radius 2 is 2.15 bits per heavy atom. The molecule has 104 valence electrons. The van der Waals surface area contributed by atoms with Crippen LogP contribution in [-0.4, -0.2) is 12.1 Å². The molecule has 3 nitrogen and oxygen atoms in total. The van der Waals surface area contributed by atoms with E-state index in [0.717, 1.165) is 23.6 Å². The third kappa shape index (κ3) is 2.78. The zero-order valence-corrected chi connectivity index (χ0v) is 11.8. The molecule has 0 bridgehead atoms. The Bertz CT molecular complexity index is 616. The lowest BCUT2D eigenvalue weighted by atomic mass is 9.99. The summed E-state index contributed by atoms with van der Waals surface area (Å²) in [6.07, 6.45) is 5.94. The van der Waals surface area contributed by atoms with Gasteiger partial charge in [-0.3, -0.25) is 0 Å². The Hall–Kier alpha value is -2.00. The van der Waals surface area contributed by atoms with Gasteiger partial charge in [0.1, 0.15) is 17.1 Å². The summed E-state index contributed by atoms with van der Waals surface area (Å²) in [6, 6.07) is 10.1. The summed E-state index contributed by atoms with van der Waals surface area (Å²) in [7, 11) is 0. The number of hydrogen-bond donors (Lipinski definition) is 1. The summed E-state index contributed by atoms with van der Waals surface area (Å²) in [5.74, 6) is 1.88. The lowest BCUT2D eigenvalue weighted by Gasteiger charge is -2.32. The van der Waals surface area contributed by atoms with E-state index in [0.29, 0.717) is 6.54 Å². The molecule has 1 aliphatic heterocycles. The maximum absolute atomic E-state index is 6.11. The second kappa shape index (κ2) is 5.17. The lowest BCUT2D eigenvalue weighted by molar-refractivity contribution is 0.134. The Balaban J connectivity index is 1.64. The van der Waals surface area contributed by atoms with Gasteiger partial charge in [-0.05, 0) is 44.2 Å². The van der Waals surface area contributed by atoms with E-state index in [-0.39, 0.29) is 5.60 Å². The largest absolute Gasteiger partial charge is 0.482 e. The first-order valence-electron chi connectivity index (χ1n) is 6.87. The first kappa shape index (κ1) is 13.0. The van der Waals surface area contributed by atoms with Crippen LogP contribution in [0.3, 0.4) is 0 Å². The maximum Gasteiger partial charge on any atom is 0.137 e. The maximum atomic E-state index is 6.11. The monoisotopic (exact) mass is 269 g/mol. The molecule has 1 aliphatic rings. The first-order chi connectivity index (χ1) is 9.65. The third-order valence-corrected chi connectivity index (χ3v) is 3.48. The molecule has 1 atom stereocenters. The van der Waals surface area contributed by atoms with Crippen molar-refractivity contribution in [2.75, 3.05) is 6.54 Å². The van der Waals surface area contributed by atoms with Crippen molar-refractivity contribution in [2.24, 2.45) is 0 Å². The van der Waals surface area contributed by atoms with E-state index in [1.54, 1.807) is 6.26 Å². The van der Waals surface area contributed by atoms with Crippen LogP contribution in [0, 0.1) is 6.92 Å². The predicted molar refractivity (Wildman–Crippen MR) is 79.7 cm³/mol. The standard InChI is InChI=1S/C17H19NO2/c1-13-5-6-16-14(10-13)7-8-17(2,20-16)12-18-11-15-4-3-9-19-15/h3-10,18H,11-12H2,1-2H3. The molecule has 0 saturated heterocycles. The van der Waals surface area contributed by atoms with Crippen LogP contribution < -0.4 is 10.1 Å². The molecule has 0 saturated carbocycles. The number of benzene rings is 1. The molecule has 20 heavy (non-hydrogen) atoms. The Morgan fingerprint density at radius 1 is 1.25 bits per heavy atom. The highest BCUT2D eigenvalue weighted by atomic mass is 16.5. The van der Waals surface area contributed by atoms with Crippen LogP contribution in [0.15, 0.2) is 47.1 Å². The minimum Gasteiger partial charge on any atom is -0.482 e. The molecule has 0 amide bonds. The summed E-state index contributed by atoms with van der Waals surface area (Å²) < 4.78 is 11.4. The number of nitrogens with one attached hydrogen (secondary N) is 1. The second-order valence-corrected chi connectivity index (χ2v) is 5.47. The van der Waals surface area contributed by atoms with Crippen LogP contribution in [0.1, 0.15) is 23.8 Å². The number of furan rings is 1. The topological polar surface area (TPSA) is 34.4 Å². The van der Waals surface area contributed by atoms with Gasteiger partial charge in [0, 0.05) is 12.1 Å². The molecule has 1 unspecified atom stereocenters. The van der Waals surface area contributed by atoms with Crippen LogP contribution in [0.25, 0.3) is 6.08 Å². The first-order valence-corrected chi connectivity index (χ1v) is 6.87. The molecule has 0 radical (unpaired) electrons. The molecule has 1 aromatic carbocycles. The zero-order chi connectivity index (χ0) is 14.0. The van der Waals surface area contributed by atoms with E-state index in [9.17, 15) is 0 Å². The molecule has 3 rings (SSSR count). The van der Waals surface area contributed by atoms with E-state index in [4.69, 9.17) is 9.15 Å². The van der Waals surface area contributed by atoms with Gasteiger partial charge in [0.25, 0.3) is 0 Å². The van der Waals surface area contributed by atoms with Gasteiger partial charge in [0.05, 0.1) is 12.8 Å². The molecular formula is C17H19NO2. The minimum atomic E-state index is -0.325. The fourth-order valence-electron chi connectivity index (χ4n) is 2.38. The minimum absolute atomic E-state index is 0.325. The molecule has 3 heteroatoms. The van der Waals surface area contributed by atoms with Crippen LogP contribution >= 0.6 is 0 Å². The van der Waals surface area contributed by atoms with Gasteiger partial charge < -0.3 is 14.5 Å². The smallest absolute Gasteiger partial charge is 0.137 e. The van der Waals surface area contributed by atoms with Crippen molar-refractivity contribution in [2.45, 2.75) is 26.0 Å². The Kier molecular flexibility index (Phi) is 3.36. The number of rotatable bonds is 4. The fraction of sp³-hybridized carbons (Fsp3) is 0.294. The van der Waals surface area contributed by atoms with Crippen molar-refractivity contribution < 1.29 is 9.15 Å². The van der Waals surface area contributed by atoms with Crippen LogP contribution in [0.2, 0.25) is 0 Å². The number of aryl methyl sites for hydroxylation is 1. The molecule has 2 heterocycles.